The Morgan fingerprint density at radius 2 is 2.18 bits per heavy atom. The molecule has 102 valence electrons. The van der Waals surface area contributed by atoms with E-state index in [9.17, 15) is 0 Å². The largest absolute Gasteiger partial charge is 0.382 e. The summed E-state index contributed by atoms with van der Waals surface area (Å²) in [4.78, 5) is 2.58. The summed E-state index contributed by atoms with van der Waals surface area (Å²) in [7, 11) is 0. The lowest BCUT2D eigenvalue weighted by atomic mass is 10.2. The molecule has 3 nitrogen and oxygen atoms in total. The zero-order chi connectivity index (χ0) is 12.6. The highest BCUT2D eigenvalue weighted by Gasteiger charge is 2.26. The average Bonchev–Trinajstić information content (AvgIpc) is 2.27. The fraction of sp³-hybridized carbons (Fsp3) is 1.00. The van der Waals surface area contributed by atoms with Crippen LogP contribution in [-0.2, 0) is 4.74 Å². The van der Waals surface area contributed by atoms with E-state index in [0.717, 1.165) is 32.7 Å². The third-order valence-corrected chi connectivity index (χ3v) is 4.25. The van der Waals surface area contributed by atoms with Crippen molar-refractivity contribution in [1.29, 1.82) is 0 Å². The van der Waals surface area contributed by atoms with Crippen molar-refractivity contribution in [3.8, 4) is 0 Å². The van der Waals surface area contributed by atoms with Gasteiger partial charge in [0.2, 0.25) is 0 Å². The third-order valence-electron chi connectivity index (χ3n) is 2.96. The zero-order valence-corrected chi connectivity index (χ0v) is 12.4. The first-order valence-corrected chi connectivity index (χ1v) is 7.77. The van der Waals surface area contributed by atoms with Crippen LogP contribution in [0, 0.1) is 0 Å². The molecule has 1 rings (SSSR count). The van der Waals surface area contributed by atoms with Crippen LogP contribution in [0.4, 0.5) is 0 Å². The lowest BCUT2D eigenvalue weighted by Gasteiger charge is -2.37. The van der Waals surface area contributed by atoms with Crippen molar-refractivity contribution in [2.75, 3.05) is 51.7 Å². The molecule has 0 aliphatic carbocycles. The van der Waals surface area contributed by atoms with Gasteiger partial charge in [0.15, 0.2) is 0 Å². The third kappa shape index (κ3) is 7.29. The number of ether oxygens (including phenoxy) is 1. The quantitative estimate of drug-likeness (QED) is 0.673. The highest BCUT2D eigenvalue weighted by molar-refractivity contribution is 8.00. The summed E-state index contributed by atoms with van der Waals surface area (Å²) >= 11 is 2.10. The van der Waals surface area contributed by atoms with Crippen molar-refractivity contribution < 1.29 is 4.74 Å². The molecule has 4 heteroatoms. The first-order valence-electron chi connectivity index (χ1n) is 6.79. The maximum Gasteiger partial charge on any atom is 0.0477 e. The van der Waals surface area contributed by atoms with E-state index in [1.165, 1.54) is 25.4 Å². The van der Waals surface area contributed by atoms with Crippen LogP contribution in [0.3, 0.4) is 0 Å². The Morgan fingerprint density at radius 1 is 1.35 bits per heavy atom. The van der Waals surface area contributed by atoms with Gasteiger partial charge in [-0.15, -0.1) is 0 Å². The summed E-state index contributed by atoms with van der Waals surface area (Å²) in [6.07, 6.45) is 1.12. The molecule has 1 N–H and O–H groups in total. The normalized spacial score (nSPS) is 20.6. The molecule has 0 aromatic heterocycles. The Balaban J connectivity index is 1.95. The van der Waals surface area contributed by atoms with Gasteiger partial charge in [0.25, 0.3) is 0 Å². The molecule has 0 radical (unpaired) electrons. The summed E-state index contributed by atoms with van der Waals surface area (Å²) in [5.41, 5.74) is 0. The maximum atomic E-state index is 5.30. The predicted molar refractivity (Wildman–Crippen MR) is 77.0 cm³/mol. The summed E-state index contributed by atoms with van der Waals surface area (Å²) < 4.78 is 5.74. The van der Waals surface area contributed by atoms with Crippen molar-refractivity contribution in [2.24, 2.45) is 0 Å². The molecule has 0 spiro atoms. The number of nitrogens with zero attached hydrogens (tertiary/aromatic N) is 1. The smallest absolute Gasteiger partial charge is 0.0477 e. The van der Waals surface area contributed by atoms with Crippen molar-refractivity contribution in [3.05, 3.63) is 0 Å². The average molecular weight is 260 g/mol. The number of nitrogens with one attached hydrogen (secondary N) is 1. The minimum absolute atomic E-state index is 0.438. The molecule has 1 aliphatic heterocycles. The van der Waals surface area contributed by atoms with E-state index in [2.05, 4.69) is 35.8 Å². The van der Waals surface area contributed by atoms with Crippen LogP contribution in [-0.4, -0.2) is 61.3 Å². The van der Waals surface area contributed by atoms with Gasteiger partial charge in [-0.05, 0) is 33.7 Å². The Kier molecular flexibility index (Phi) is 7.51. The van der Waals surface area contributed by atoms with Gasteiger partial charge in [0, 0.05) is 49.9 Å². The van der Waals surface area contributed by atoms with Gasteiger partial charge in [-0.2, -0.15) is 11.8 Å². The van der Waals surface area contributed by atoms with Crippen LogP contribution in [0.1, 0.15) is 27.2 Å². The molecule has 0 aromatic carbocycles. The molecule has 0 aromatic rings. The van der Waals surface area contributed by atoms with Crippen LogP contribution in [0.5, 0.6) is 0 Å². The maximum absolute atomic E-state index is 5.30. The molecule has 0 saturated carbocycles. The van der Waals surface area contributed by atoms with Crippen molar-refractivity contribution in [2.45, 2.75) is 31.9 Å². The molecule has 1 fully saturated rings. The number of hydrogen-bond donors (Lipinski definition) is 1. The van der Waals surface area contributed by atoms with Crippen LogP contribution >= 0.6 is 11.8 Å². The van der Waals surface area contributed by atoms with Crippen molar-refractivity contribution in [3.63, 3.8) is 0 Å². The first-order chi connectivity index (χ1) is 8.14. The van der Waals surface area contributed by atoms with Gasteiger partial charge in [0.05, 0.1) is 0 Å². The second kappa shape index (κ2) is 8.35. The van der Waals surface area contributed by atoms with E-state index < -0.39 is 0 Å². The van der Waals surface area contributed by atoms with E-state index in [4.69, 9.17) is 4.74 Å². The highest BCUT2D eigenvalue weighted by Crippen LogP contribution is 2.28. The molecule has 17 heavy (non-hydrogen) atoms. The Morgan fingerprint density at radius 3 is 2.88 bits per heavy atom. The Labute approximate surface area is 111 Å². The molecule has 1 heterocycles. The Bertz CT molecular complexity index is 200. The number of rotatable bonds is 8. The van der Waals surface area contributed by atoms with Crippen molar-refractivity contribution >= 4 is 11.8 Å². The van der Waals surface area contributed by atoms with E-state index in [1.807, 2.05) is 6.92 Å². The monoisotopic (exact) mass is 260 g/mol. The summed E-state index contributed by atoms with van der Waals surface area (Å²) in [6, 6.07) is 0. The molecule has 1 aliphatic rings. The lowest BCUT2D eigenvalue weighted by molar-refractivity contribution is 0.144. The standard InChI is InChI=1S/C13H28N2OS/c1-4-16-10-5-6-14-7-8-15-9-11-17-13(2,3)12-15/h14H,4-12H2,1-3H3. The van der Waals surface area contributed by atoms with Gasteiger partial charge in [0.1, 0.15) is 0 Å². The second-order valence-electron chi connectivity index (χ2n) is 5.18. The van der Waals surface area contributed by atoms with Gasteiger partial charge in [-0.3, -0.25) is 4.90 Å². The van der Waals surface area contributed by atoms with Crippen molar-refractivity contribution in [1.82, 2.24) is 10.2 Å². The molecular weight excluding hydrogens is 232 g/mol. The molecule has 0 bridgehead atoms. The first kappa shape index (κ1) is 15.3. The predicted octanol–water partition coefficient (Wildman–Crippen LogP) is 1.83. The molecule has 0 atom stereocenters. The van der Waals surface area contributed by atoms with Crippen LogP contribution < -0.4 is 5.32 Å². The molecule has 0 amide bonds. The van der Waals surface area contributed by atoms with E-state index in [-0.39, 0.29) is 0 Å². The summed E-state index contributed by atoms with van der Waals surface area (Å²) in [5.74, 6) is 1.28. The Hall–Kier alpha value is 0.230. The van der Waals surface area contributed by atoms with E-state index >= 15 is 0 Å². The summed E-state index contributed by atoms with van der Waals surface area (Å²) in [5, 5.41) is 3.49. The van der Waals surface area contributed by atoms with E-state index in [0.29, 0.717) is 4.75 Å². The SMILES string of the molecule is CCOCCCNCCN1CCSC(C)(C)C1. The van der Waals surface area contributed by atoms with Gasteiger partial charge in [-0.1, -0.05) is 0 Å². The van der Waals surface area contributed by atoms with Gasteiger partial charge < -0.3 is 10.1 Å². The van der Waals surface area contributed by atoms with Gasteiger partial charge >= 0.3 is 0 Å². The fourth-order valence-electron chi connectivity index (χ4n) is 2.11. The minimum Gasteiger partial charge on any atom is -0.382 e. The van der Waals surface area contributed by atoms with Crippen LogP contribution in [0.2, 0.25) is 0 Å². The fourth-order valence-corrected chi connectivity index (χ4v) is 3.29. The van der Waals surface area contributed by atoms with Gasteiger partial charge in [-0.25, -0.2) is 0 Å². The zero-order valence-electron chi connectivity index (χ0n) is 11.6. The van der Waals surface area contributed by atoms with Crippen LogP contribution in [0.25, 0.3) is 0 Å². The highest BCUT2D eigenvalue weighted by atomic mass is 32.2. The van der Waals surface area contributed by atoms with E-state index in [1.54, 1.807) is 0 Å². The second-order valence-corrected chi connectivity index (χ2v) is 6.99. The van der Waals surface area contributed by atoms with Crippen LogP contribution in [0.15, 0.2) is 0 Å². The summed E-state index contributed by atoms with van der Waals surface area (Å²) in [6.45, 7) is 14.3. The molecule has 0 unspecified atom stereocenters. The molecular formula is C13H28N2OS. The lowest BCUT2D eigenvalue weighted by Crippen LogP contribution is -2.45. The number of thioether (sulfide) groups is 1. The number of hydrogen-bond acceptors (Lipinski definition) is 4. The molecule has 1 saturated heterocycles. The topological polar surface area (TPSA) is 24.5 Å². The minimum atomic E-state index is 0.438.